The maximum atomic E-state index is 14.4. The average Bonchev–Trinajstić information content (AvgIpc) is 2.89. The number of phenols is 1. The molecule has 0 saturated carbocycles. The van der Waals surface area contributed by atoms with Gasteiger partial charge >= 0.3 is 5.97 Å². The van der Waals surface area contributed by atoms with Gasteiger partial charge in [-0.05, 0) is 74.9 Å². The lowest BCUT2D eigenvalue weighted by Crippen LogP contribution is -2.23. The molecule has 7 heteroatoms. The zero-order valence-electron chi connectivity index (χ0n) is 21.6. The van der Waals surface area contributed by atoms with Gasteiger partial charge in [0.15, 0.2) is 11.6 Å². The third-order valence-corrected chi connectivity index (χ3v) is 6.65. The molecule has 5 rings (SSSR count). The largest absolute Gasteiger partial charge is 0.507 e. The summed E-state index contributed by atoms with van der Waals surface area (Å²) in [6.07, 6.45) is 1.45. The molecule has 1 N–H and O–H groups in total. The number of ether oxygens (including phenoxy) is 2. The number of nitrogens with zero attached hydrogens (tertiary/aromatic N) is 1. The van der Waals surface area contributed by atoms with Crippen LogP contribution in [-0.4, -0.2) is 34.9 Å². The summed E-state index contributed by atoms with van der Waals surface area (Å²) in [5.74, 6) is -2.26. The molecule has 4 aromatic rings. The molecule has 2 heterocycles. The number of carbonyl (C=O) groups is 1. The van der Waals surface area contributed by atoms with Crippen LogP contribution in [0.4, 0.5) is 8.78 Å². The highest BCUT2D eigenvalue weighted by Crippen LogP contribution is 2.44. The maximum Gasteiger partial charge on any atom is 0.338 e. The first-order valence-corrected chi connectivity index (χ1v) is 12.6. The molecule has 0 spiro atoms. The number of esters is 1. The lowest BCUT2D eigenvalue weighted by molar-refractivity contribution is 0.00695. The van der Waals surface area contributed by atoms with Gasteiger partial charge in [-0.15, -0.1) is 0 Å². The van der Waals surface area contributed by atoms with Gasteiger partial charge in [0.25, 0.3) is 0 Å². The molecular formula is C31H29F2NO4. The summed E-state index contributed by atoms with van der Waals surface area (Å²) in [7, 11) is 0. The van der Waals surface area contributed by atoms with E-state index < -0.39 is 23.2 Å². The minimum Gasteiger partial charge on any atom is -0.507 e. The van der Waals surface area contributed by atoms with Gasteiger partial charge in [-0.25, -0.2) is 13.6 Å². The molecule has 196 valence electrons. The van der Waals surface area contributed by atoms with Crippen LogP contribution in [0.25, 0.3) is 33.2 Å². The second-order valence-corrected chi connectivity index (χ2v) is 10.5. The van der Waals surface area contributed by atoms with Gasteiger partial charge in [0.05, 0.1) is 22.3 Å². The second-order valence-electron chi connectivity index (χ2n) is 10.5. The molecule has 0 bridgehead atoms. The van der Waals surface area contributed by atoms with Crippen LogP contribution in [0.15, 0.2) is 60.7 Å². The Balaban J connectivity index is 1.72. The van der Waals surface area contributed by atoms with Gasteiger partial charge in [0.2, 0.25) is 0 Å². The van der Waals surface area contributed by atoms with Crippen molar-refractivity contribution in [3.8, 4) is 28.1 Å². The Bertz CT molecular complexity index is 1500. The van der Waals surface area contributed by atoms with Crippen molar-refractivity contribution in [2.45, 2.75) is 45.1 Å². The van der Waals surface area contributed by atoms with Crippen molar-refractivity contribution in [2.75, 3.05) is 13.2 Å². The fourth-order valence-electron chi connectivity index (χ4n) is 4.90. The molecule has 0 aliphatic carbocycles. The molecule has 1 aliphatic rings. The smallest absolute Gasteiger partial charge is 0.338 e. The van der Waals surface area contributed by atoms with Crippen molar-refractivity contribution in [1.29, 1.82) is 0 Å². The summed E-state index contributed by atoms with van der Waals surface area (Å²) in [5.41, 5.74) is 2.92. The molecule has 5 nitrogen and oxygen atoms in total. The van der Waals surface area contributed by atoms with Gasteiger partial charge in [0.1, 0.15) is 11.4 Å². The molecule has 0 radical (unpaired) electrons. The summed E-state index contributed by atoms with van der Waals surface area (Å²) < 4.78 is 39.2. The minimum atomic E-state index is -0.949. The van der Waals surface area contributed by atoms with E-state index in [0.717, 1.165) is 24.6 Å². The Hall–Kier alpha value is -3.84. The van der Waals surface area contributed by atoms with Crippen molar-refractivity contribution < 1.29 is 28.2 Å². The summed E-state index contributed by atoms with van der Waals surface area (Å²) in [4.78, 5) is 17.6. The normalized spacial score (nSPS) is 14.6. The third kappa shape index (κ3) is 5.11. The van der Waals surface area contributed by atoms with Crippen LogP contribution in [-0.2, 0) is 9.47 Å². The number of aromatic nitrogens is 1. The highest BCUT2D eigenvalue weighted by Gasteiger charge is 2.27. The number of hydrogen-bond donors (Lipinski definition) is 1. The molecule has 1 saturated heterocycles. The van der Waals surface area contributed by atoms with Crippen LogP contribution in [0.1, 0.15) is 55.6 Å². The predicted octanol–water partition coefficient (Wildman–Crippen LogP) is 7.40. The molecule has 0 amide bonds. The Morgan fingerprint density at radius 2 is 1.66 bits per heavy atom. The molecule has 1 aliphatic heterocycles. The number of aromatic hydroxyl groups is 1. The van der Waals surface area contributed by atoms with E-state index in [2.05, 4.69) is 0 Å². The Morgan fingerprint density at radius 1 is 0.974 bits per heavy atom. The quantitative estimate of drug-likeness (QED) is 0.286. The molecular weight excluding hydrogens is 488 g/mol. The van der Waals surface area contributed by atoms with E-state index in [9.17, 15) is 18.7 Å². The number of fused-ring (bicyclic) bond motifs is 1. The fraction of sp³-hybridized carbons (Fsp3) is 0.290. The number of pyridine rings is 1. The van der Waals surface area contributed by atoms with E-state index in [1.54, 1.807) is 36.4 Å². The van der Waals surface area contributed by atoms with Crippen LogP contribution in [0.5, 0.6) is 5.75 Å². The third-order valence-electron chi connectivity index (χ3n) is 6.65. The lowest BCUT2D eigenvalue weighted by atomic mass is 9.86. The average molecular weight is 518 g/mol. The van der Waals surface area contributed by atoms with Crippen molar-refractivity contribution in [1.82, 2.24) is 4.98 Å². The first-order chi connectivity index (χ1) is 18.1. The first kappa shape index (κ1) is 25.8. The number of benzene rings is 3. The van der Waals surface area contributed by atoms with Crippen molar-refractivity contribution >= 4 is 16.7 Å². The molecule has 38 heavy (non-hydrogen) atoms. The molecule has 0 atom stereocenters. The van der Waals surface area contributed by atoms with Crippen molar-refractivity contribution in [3.05, 3.63) is 83.6 Å². The second kappa shape index (κ2) is 10.1. The zero-order valence-corrected chi connectivity index (χ0v) is 21.6. The van der Waals surface area contributed by atoms with Crippen LogP contribution >= 0.6 is 0 Å². The van der Waals surface area contributed by atoms with Crippen molar-refractivity contribution in [3.63, 3.8) is 0 Å². The van der Waals surface area contributed by atoms with Gasteiger partial charge < -0.3 is 14.6 Å². The molecule has 3 aromatic carbocycles. The number of carbonyl (C=O) groups excluding carboxylic acids is 1. The van der Waals surface area contributed by atoms with E-state index in [1.165, 1.54) is 12.1 Å². The van der Waals surface area contributed by atoms with E-state index in [0.29, 0.717) is 51.9 Å². The molecule has 0 unspecified atom stereocenters. The summed E-state index contributed by atoms with van der Waals surface area (Å²) in [6.45, 7) is 6.57. The number of halogens is 2. The van der Waals surface area contributed by atoms with Gasteiger partial charge in [-0.3, -0.25) is 4.98 Å². The number of hydrogen-bond acceptors (Lipinski definition) is 5. The number of phenolic OH excluding ortho intramolecular Hbond substituents is 1. The van der Waals surface area contributed by atoms with Gasteiger partial charge in [-0.1, -0.05) is 30.3 Å². The topological polar surface area (TPSA) is 68.7 Å². The maximum absolute atomic E-state index is 14.4. The molecule has 1 fully saturated rings. The Labute approximate surface area is 220 Å². The van der Waals surface area contributed by atoms with E-state index in [4.69, 9.17) is 14.5 Å². The first-order valence-electron chi connectivity index (χ1n) is 12.6. The summed E-state index contributed by atoms with van der Waals surface area (Å²) in [5, 5.41) is 12.2. The van der Waals surface area contributed by atoms with E-state index >= 15 is 0 Å². The lowest BCUT2D eigenvalue weighted by Gasteiger charge is -2.26. The SMILES string of the molecule is CC(C)(C)OC(=O)c1ccc(-c2nc(C3CCOCC3)c(-c3ccc(F)c(F)c3)c3cccc(O)c23)cc1. The van der Waals surface area contributed by atoms with Crippen LogP contribution in [0, 0.1) is 11.6 Å². The highest BCUT2D eigenvalue weighted by molar-refractivity contribution is 6.07. The Kier molecular flexibility index (Phi) is 6.88. The van der Waals surface area contributed by atoms with Crippen molar-refractivity contribution in [2.24, 2.45) is 0 Å². The standard InChI is InChI=1S/C31H29F2NO4/c1-31(2,3)38-30(36)20-9-7-18(8-10-20)29-27-22(5-4-6-25(27)35)26(21-11-12-23(32)24(33)17-21)28(34-29)19-13-15-37-16-14-19/h4-12,17,19,35H,13-16H2,1-3H3. The van der Waals surface area contributed by atoms with Crippen LogP contribution in [0.2, 0.25) is 0 Å². The highest BCUT2D eigenvalue weighted by atomic mass is 19.2. The number of rotatable bonds is 4. The van der Waals surface area contributed by atoms with Crippen LogP contribution in [0.3, 0.4) is 0 Å². The van der Waals surface area contributed by atoms with E-state index in [1.807, 2.05) is 26.8 Å². The van der Waals surface area contributed by atoms with E-state index in [-0.39, 0.29) is 11.7 Å². The summed E-state index contributed by atoms with van der Waals surface area (Å²) >= 11 is 0. The predicted molar refractivity (Wildman–Crippen MR) is 142 cm³/mol. The van der Waals surface area contributed by atoms with Crippen LogP contribution < -0.4 is 0 Å². The monoisotopic (exact) mass is 517 g/mol. The van der Waals surface area contributed by atoms with Gasteiger partial charge in [-0.2, -0.15) is 0 Å². The molecule has 1 aromatic heterocycles. The summed E-state index contributed by atoms with van der Waals surface area (Å²) in [6, 6.07) is 15.9. The minimum absolute atomic E-state index is 0.0172. The zero-order chi connectivity index (χ0) is 27.0. The Morgan fingerprint density at radius 3 is 2.32 bits per heavy atom. The van der Waals surface area contributed by atoms with Gasteiger partial charge in [0, 0.05) is 30.3 Å². The fourth-order valence-corrected chi connectivity index (χ4v) is 4.90.